The van der Waals surface area contributed by atoms with Gasteiger partial charge < -0.3 is 19.4 Å². The first-order valence-electron chi connectivity index (χ1n) is 5.96. The quantitative estimate of drug-likeness (QED) is 0.833. The van der Waals surface area contributed by atoms with E-state index < -0.39 is 5.79 Å². The van der Waals surface area contributed by atoms with Crippen LogP contribution in [0.1, 0.15) is 12.8 Å². The van der Waals surface area contributed by atoms with Crippen LogP contribution >= 0.6 is 15.9 Å². The highest BCUT2D eigenvalue weighted by molar-refractivity contribution is 9.10. The topological polar surface area (TPSA) is 67.5 Å². The number of hydrogen-bond acceptors (Lipinski definition) is 5. The second kappa shape index (κ2) is 4.64. The highest BCUT2D eigenvalue weighted by Gasteiger charge is 2.41. The van der Waals surface area contributed by atoms with Crippen molar-refractivity contribution in [2.75, 3.05) is 31.2 Å². The van der Waals surface area contributed by atoms with E-state index in [-0.39, 0.29) is 5.56 Å². The monoisotopic (exact) mass is 315 g/mol. The maximum atomic E-state index is 11.6. The molecule has 2 fully saturated rings. The van der Waals surface area contributed by atoms with Crippen molar-refractivity contribution in [1.82, 2.24) is 9.97 Å². The van der Waals surface area contributed by atoms with Gasteiger partial charge in [-0.15, -0.1) is 0 Å². The summed E-state index contributed by atoms with van der Waals surface area (Å²) in [4.78, 5) is 20.4. The zero-order valence-corrected chi connectivity index (χ0v) is 11.4. The van der Waals surface area contributed by atoms with Crippen molar-refractivity contribution in [3.05, 3.63) is 21.2 Å². The Kier molecular flexibility index (Phi) is 3.13. The van der Waals surface area contributed by atoms with Gasteiger partial charge >= 0.3 is 0 Å². The van der Waals surface area contributed by atoms with Gasteiger partial charge in [0.05, 0.1) is 26.1 Å². The Balaban J connectivity index is 1.88. The number of anilines is 1. The predicted molar refractivity (Wildman–Crippen MR) is 68.6 cm³/mol. The zero-order chi connectivity index (χ0) is 12.6. The van der Waals surface area contributed by atoms with Crippen molar-refractivity contribution in [2.45, 2.75) is 18.6 Å². The molecule has 7 heteroatoms. The lowest BCUT2D eigenvalue weighted by Gasteiger charge is -2.39. The van der Waals surface area contributed by atoms with Gasteiger partial charge in [-0.3, -0.25) is 4.79 Å². The van der Waals surface area contributed by atoms with Crippen LogP contribution in [0.15, 0.2) is 15.6 Å². The first kappa shape index (κ1) is 12.1. The van der Waals surface area contributed by atoms with Crippen LogP contribution in [-0.4, -0.2) is 42.1 Å². The summed E-state index contributed by atoms with van der Waals surface area (Å²) in [7, 11) is 0. The first-order valence-corrected chi connectivity index (χ1v) is 6.76. The average molecular weight is 316 g/mol. The van der Waals surface area contributed by atoms with Gasteiger partial charge in [0.25, 0.3) is 5.56 Å². The molecule has 2 aliphatic rings. The number of hydrogen-bond donors (Lipinski definition) is 1. The van der Waals surface area contributed by atoms with E-state index in [1.165, 1.54) is 6.33 Å². The molecule has 0 aromatic carbocycles. The number of ether oxygens (including phenoxy) is 2. The summed E-state index contributed by atoms with van der Waals surface area (Å²) in [5.41, 5.74) is -0.173. The fourth-order valence-electron chi connectivity index (χ4n) is 2.50. The van der Waals surface area contributed by atoms with Gasteiger partial charge in [0.1, 0.15) is 4.47 Å². The van der Waals surface area contributed by atoms with Crippen LogP contribution in [0.4, 0.5) is 5.82 Å². The van der Waals surface area contributed by atoms with E-state index in [9.17, 15) is 4.79 Å². The maximum absolute atomic E-state index is 11.6. The summed E-state index contributed by atoms with van der Waals surface area (Å²) in [5, 5.41) is 0. The number of aromatic amines is 1. The van der Waals surface area contributed by atoms with E-state index >= 15 is 0 Å². The number of piperidine rings is 1. The molecule has 18 heavy (non-hydrogen) atoms. The van der Waals surface area contributed by atoms with Crippen LogP contribution in [-0.2, 0) is 9.47 Å². The Bertz CT molecular complexity index is 499. The predicted octanol–water partition coefficient (Wildman–Crippen LogP) is 0.876. The van der Waals surface area contributed by atoms with Crippen molar-refractivity contribution in [2.24, 2.45) is 0 Å². The van der Waals surface area contributed by atoms with E-state index in [2.05, 4.69) is 25.9 Å². The van der Waals surface area contributed by atoms with Crippen molar-refractivity contribution in [3.8, 4) is 0 Å². The van der Waals surface area contributed by atoms with E-state index in [1.807, 2.05) is 4.90 Å². The molecule has 1 spiro atoms. The Labute approximate surface area is 112 Å². The standard InChI is InChI=1S/C11H14BrN3O3/c12-8-9(13-7-14-10(8)16)15-3-1-2-11(6-15)17-4-5-18-11/h7H,1-6H2,(H,13,14,16). The molecule has 3 rings (SSSR count). The third-order valence-corrected chi connectivity index (χ3v) is 4.02. The molecule has 1 aromatic heterocycles. The number of rotatable bonds is 1. The summed E-state index contributed by atoms with van der Waals surface area (Å²) in [5.74, 6) is 0.138. The molecule has 3 heterocycles. The van der Waals surface area contributed by atoms with Gasteiger partial charge in [0, 0.05) is 13.0 Å². The number of nitrogens with zero attached hydrogens (tertiary/aromatic N) is 2. The minimum absolute atomic E-state index is 0.173. The van der Waals surface area contributed by atoms with Gasteiger partial charge in [0.2, 0.25) is 0 Å². The van der Waals surface area contributed by atoms with Crippen LogP contribution in [0.25, 0.3) is 0 Å². The lowest BCUT2D eigenvalue weighted by molar-refractivity contribution is -0.161. The van der Waals surface area contributed by atoms with Gasteiger partial charge in [-0.1, -0.05) is 0 Å². The minimum atomic E-state index is -0.512. The second-order valence-electron chi connectivity index (χ2n) is 4.50. The van der Waals surface area contributed by atoms with Gasteiger partial charge in [-0.2, -0.15) is 0 Å². The summed E-state index contributed by atoms with van der Waals surface area (Å²) < 4.78 is 11.9. The molecule has 0 radical (unpaired) electrons. The maximum Gasteiger partial charge on any atom is 0.267 e. The smallest absolute Gasteiger partial charge is 0.267 e. The SMILES string of the molecule is O=c1[nH]cnc(N2CCCC3(C2)OCCO3)c1Br. The molecule has 0 atom stereocenters. The Morgan fingerprint density at radius 2 is 2.22 bits per heavy atom. The third kappa shape index (κ3) is 2.06. The molecule has 1 aromatic rings. The highest BCUT2D eigenvalue weighted by atomic mass is 79.9. The van der Waals surface area contributed by atoms with E-state index in [0.717, 1.165) is 19.4 Å². The van der Waals surface area contributed by atoms with Crippen molar-refractivity contribution in [3.63, 3.8) is 0 Å². The van der Waals surface area contributed by atoms with Crippen molar-refractivity contribution < 1.29 is 9.47 Å². The van der Waals surface area contributed by atoms with Crippen molar-refractivity contribution >= 4 is 21.7 Å². The summed E-state index contributed by atoms with van der Waals surface area (Å²) in [6.45, 7) is 2.74. The molecule has 98 valence electrons. The van der Waals surface area contributed by atoms with E-state index in [0.29, 0.717) is 30.0 Å². The average Bonchev–Trinajstić information content (AvgIpc) is 2.81. The lowest BCUT2D eigenvalue weighted by Crippen LogP contribution is -2.49. The van der Waals surface area contributed by atoms with E-state index in [4.69, 9.17) is 9.47 Å². The molecule has 1 N–H and O–H groups in total. The molecule has 0 aliphatic carbocycles. The third-order valence-electron chi connectivity index (χ3n) is 3.31. The van der Waals surface area contributed by atoms with E-state index in [1.54, 1.807) is 0 Å². The molecular weight excluding hydrogens is 302 g/mol. The molecule has 2 saturated heterocycles. The van der Waals surface area contributed by atoms with Crippen LogP contribution in [0, 0.1) is 0 Å². The first-order chi connectivity index (χ1) is 8.70. The largest absolute Gasteiger partial charge is 0.350 e. The number of halogens is 1. The molecule has 2 aliphatic heterocycles. The van der Waals surface area contributed by atoms with Gasteiger partial charge in [0.15, 0.2) is 11.6 Å². The lowest BCUT2D eigenvalue weighted by atomic mass is 10.0. The minimum Gasteiger partial charge on any atom is -0.350 e. The molecule has 0 amide bonds. The van der Waals surface area contributed by atoms with Gasteiger partial charge in [-0.05, 0) is 22.4 Å². The zero-order valence-electron chi connectivity index (χ0n) is 9.82. The summed E-state index contributed by atoms with van der Waals surface area (Å²) in [6, 6.07) is 0. The molecule has 6 nitrogen and oxygen atoms in total. The molecule has 0 saturated carbocycles. The summed E-state index contributed by atoms with van der Waals surface area (Å²) in [6.07, 6.45) is 3.27. The Morgan fingerprint density at radius 3 is 3.00 bits per heavy atom. The highest BCUT2D eigenvalue weighted by Crippen LogP contribution is 2.33. The fraction of sp³-hybridized carbons (Fsp3) is 0.636. The van der Waals surface area contributed by atoms with Gasteiger partial charge in [-0.25, -0.2) is 4.98 Å². The van der Waals surface area contributed by atoms with Crippen molar-refractivity contribution in [1.29, 1.82) is 0 Å². The number of nitrogens with one attached hydrogen (secondary N) is 1. The number of H-pyrrole nitrogens is 1. The number of aromatic nitrogens is 2. The van der Waals surface area contributed by atoms with Crippen LogP contribution in [0.3, 0.4) is 0 Å². The Hall–Kier alpha value is -0.920. The normalized spacial score (nSPS) is 22.6. The van der Waals surface area contributed by atoms with Crippen LogP contribution in [0.5, 0.6) is 0 Å². The molecule has 0 bridgehead atoms. The Morgan fingerprint density at radius 1 is 1.44 bits per heavy atom. The van der Waals surface area contributed by atoms with Crippen LogP contribution < -0.4 is 10.5 Å². The summed E-state index contributed by atoms with van der Waals surface area (Å²) >= 11 is 3.28. The second-order valence-corrected chi connectivity index (χ2v) is 5.29. The molecule has 0 unspecified atom stereocenters. The van der Waals surface area contributed by atoms with Crippen LogP contribution in [0.2, 0.25) is 0 Å². The molecular formula is C11H14BrN3O3. The fourth-order valence-corrected chi connectivity index (χ4v) is 2.96.